The number of hydrogen-bond donors (Lipinski definition) is 0. The number of halogens is 2. The number of hydrogen-bond acceptors (Lipinski definition) is 5. The first-order valence-corrected chi connectivity index (χ1v) is 12.1. The molecule has 0 atom stereocenters. The van der Waals surface area contributed by atoms with Crippen molar-refractivity contribution in [2.75, 3.05) is 0 Å². The number of thiazole rings is 1. The molecule has 0 aliphatic carbocycles. The molecule has 0 saturated carbocycles. The third-order valence-electron chi connectivity index (χ3n) is 4.81. The van der Waals surface area contributed by atoms with E-state index in [1.54, 1.807) is 23.1 Å². The molecule has 0 aliphatic rings. The van der Waals surface area contributed by atoms with Crippen LogP contribution in [-0.2, 0) is 5.75 Å². The zero-order valence-electron chi connectivity index (χ0n) is 16.4. The molecule has 0 N–H and O–H groups in total. The summed E-state index contributed by atoms with van der Waals surface area (Å²) in [6.07, 6.45) is 0. The lowest BCUT2D eigenvalue weighted by atomic mass is 10.2. The summed E-state index contributed by atoms with van der Waals surface area (Å²) in [5.41, 5.74) is 3.89. The predicted octanol–water partition coefficient (Wildman–Crippen LogP) is 7.45. The van der Waals surface area contributed by atoms with Crippen LogP contribution in [0.5, 0.6) is 0 Å². The van der Waals surface area contributed by atoms with Crippen LogP contribution in [0.4, 0.5) is 0 Å². The summed E-state index contributed by atoms with van der Waals surface area (Å²) in [4.78, 5) is 4.74. The summed E-state index contributed by atoms with van der Waals surface area (Å²) in [6.45, 7) is 1.99. The normalized spacial score (nSPS) is 11.3. The highest BCUT2D eigenvalue weighted by Crippen LogP contribution is 2.33. The van der Waals surface area contributed by atoms with Gasteiger partial charge in [-0.05, 0) is 61.0 Å². The van der Waals surface area contributed by atoms with E-state index in [0.29, 0.717) is 15.8 Å². The Labute approximate surface area is 197 Å². The van der Waals surface area contributed by atoms with Gasteiger partial charge in [0.25, 0.3) is 0 Å². The van der Waals surface area contributed by atoms with Gasteiger partial charge in [-0.2, -0.15) is 0 Å². The maximum absolute atomic E-state index is 6.43. The third-order valence-corrected chi connectivity index (χ3v) is 7.63. The number of thioether (sulfide) groups is 1. The molecule has 3 aromatic carbocycles. The molecule has 0 radical (unpaired) electrons. The first-order valence-electron chi connectivity index (χ1n) is 9.53. The van der Waals surface area contributed by atoms with Crippen LogP contribution in [0, 0.1) is 6.92 Å². The van der Waals surface area contributed by atoms with Crippen molar-refractivity contribution in [1.29, 1.82) is 0 Å². The molecule has 5 rings (SSSR count). The topological polar surface area (TPSA) is 43.6 Å². The van der Waals surface area contributed by atoms with Crippen molar-refractivity contribution in [3.05, 3.63) is 87.3 Å². The fraction of sp³-hybridized carbons (Fsp3) is 0.0870. The zero-order valence-corrected chi connectivity index (χ0v) is 19.6. The van der Waals surface area contributed by atoms with E-state index in [9.17, 15) is 0 Å². The molecule has 154 valence electrons. The Morgan fingerprint density at radius 2 is 1.77 bits per heavy atom. The molecule has 0 unspecified atom stereocenters. The first kappa shape index (κ1) is 20.5. The first-order chi connectivity index (χ1) is 15.1. The summed E-state index contributed by atoms with van der Waals surface area (Å²) in [5, 5.41) is 12.2. The number of aryl methyl sites for hydroxylation is 1. The van der Waals surface area contributed by atoms with Gasteiger partial charge >= 0.3 is 0 Å². The molecule has 31 heavy (non-hydrogen) atoms. The monoisotopic (exact) mass is 482 g/mol. The second kappa shape index (κ2) is 8.63. The lowest BCUT2D eigenvalue weighted by molar-refractivity contribution is 0.885. The van der Waals surface area contributed by atoms with E-state index in [-0.39, 0.29) is 0 Å². The number of benzene rings is 3. The lowest BCUT2D eigenvalue weighted by Gasteiger charge is -2.11. The Morgan fingerprint density at radius 1 is 0.968 bits per heavy atom. The second-order valence-electron chi connectivity index (χ2n) is 6.95. The minimum atomic E-state index is 0.679. The van der Waals surface area contributed by atoms with Crippen LogP contribution >= 0.6 is 46.3 Å². The maximum atomic E-state index is 6.43. The van der Waals surface area contributed by atoms with Crippen LogP contribution in [0.1, 0.15) is 10.6 Å². The Bertz CT molecular complexity index is 1340. The average molecular weight is 483 g/mol. The minimum Gasteiger partial charge on any atom is -0.270 e. The van der Waals surface area contributed by atoms with Gasteiger partial charge in [0.1, 0.15) is 5.01 Å². The number of aromatic nitrogens is 4. The van der Waals surface area contributed by atoms with Gasteiger partial charge in [0.2, 0.25) is 0 Å². The molecule has 8 heteroatoms. The molecule has 0 amide bonds. The van der Waals surface area contributed by atoms with Crippen LogP contribution in [0.3, 0.4) is 0 Å². The van der Waals surface area contributed by atoms with Gasteiger partial charge in [-0.3, -0.25) is 4.57 Å². The fourth-order valence-electron chi connectivity index (χ4n) is 3.21. The van der Waals surface area contributed by atoms with Gasteiger partial charge in [-0.1, -0.05) is 53.2 Å². The Kier molecular flexibility index (Phi) is 5.71. The molecule has 0 fully saturated rings. The van der Waals surface area contributed by atoms with Gasteiger partial charge in [0.05, 0.1) is 21.7 Å². The minimum absolute atomic E-state index is 0.679. The van der Waals surface area contributed by atoms with Crippen LogP contribution < -0.4 is 0 Å². The molecular formula is C23H16Cl2N4S2. The molecule has 4 nitrogen and oxygen atoms in total. The fourth-order valence-corrected chi connectivity index (χ4v) is 5.42. The van der Waals surface area contributed by atoms with Crippen molar-refractivity contribution in [3.63, 3.8) is 0 Å². The van der Waals surface area contributed by atoms with Gasteiger partial charge < -0.3 is 0 Å². The van der Waals surface area contributed by atoms with E-state index < -0.39 is 0 Å². The van der Waals surface area contributed by atoms with E-state index in [1.165, 1.54) is 4.70 Å². The molecule has 5 aromatic rings. The van der Waals surface area contributed by atoms with E-state index in [4.69, 9.17) is 28.2 Å². The molecule has 0 spiro atoms. The van der Waals surface area contributed by atoms with Crippen LogP contribution in [0.2, 0.25) is 10.0 Å². The molecule has 0 bridgehead atoms. The van der Waals surface area contributed by atoms with Crippen LogP contribution in [0.25, 0.3) is 27.3 Å². The van der Waals surface area contributed by atoms with Crippen molar-refractivity contribution in [1.82, 2.24) is 19.7 Å². The number of rotatable bonds is 5. The predicted molar refractivity (Wildman–Crippen MR) is 131 cm³/mol. The van der Waals surface area contributed by atoms with Crippen LogP contribution in [0.15, 0.2) is 71.9 Å². The molecule has 2 aromatic heterocycles. The van der Waals surface area contributed by atoms with Crippen molar-refractivity contribution >= 4 is 56.5 Å². The lowest BCUT2D eigenvalue weighted by Crippen LogP contribution is -2.00. The van der Waals surface area contributed by atoms with Gasteiger partial charge in [0.15, 0.2) is 11.0 Å². The smallest absolute Gasteiger partial charge is 0.196 e. The van der Waals surface area contributed by atoms with E-state index in [0.717, 1.165) is 38.3 Å². The average Bonchev–Trinajstić information content (AvgIpc) is 3.38. The summed E-state index contributed by atoms with van der Waals surface area (Å²) in [5.74, 6) is 1.45. The molecule has 0 aliphatic heterocycles. The Hall–Kier alpha value is -2.38. The van der Waals surface area contributed by atoms with Gasteiger partial charge in [0, 0.05) is 15.6 Å². The van der Waals surface area contributed by atoms with E-state index >= 15 is 0 Å². The maximum Gasteiger partial charge on any atom is 0.196 e. The number of nitrogens with zero attached hydrogens (tertiary/aromatic N) is 4. The summed E-state index contributed by atoms with van der Waals surface area (Å²) in [7, 11) is 0. The largest absolute Gasteiger partial charge is 0.270 e. The highest BCUT2D eigenvalue weighted by Gasteiger charge is 2.18. The van der Waals surface area contributed by atoms with Crippen molar-refractivity contribution in [2.24, 2.45) is 0 Å². The van der Waals surface area contributed by atoms with Gasteiger partial charge in [-0.15, -0.1) is 21.5 Å². The van der Waals surface area contributed by atoms with E-state index in [2.05, 4.69) is 16.3 Å². The molecular weight excluding hydrogens is 467 g/mol. The SMILES string of the molecule is Cc1ccc(-n2c(SCc3nc4ccccc4s3)nnc2-c2ccc(Cl)cc2)cc1Cl. The van der Waals surface area contributed by atoms with Crippen molar-refractivity contribution in [3.8, 4) is 17.1 Å². The molecule has 2 heterocycles. The number of para-hydroxylation sites is 1. The summed E-state index contributed by atoms with van der Waals surface area (Å²) < 4.78 is 3.22. The Morgan fingerprint density at radius 3 is 2.55 bits per heavy atom. The van der Waals surface area contributed by atoms with E-state index in [1.807, 2.05) is 72.2 Å². The van der Waals surface area contributed by atoms with Crippen LogP contribution in [-0.4, -0.2) is 19.7 Å². The van der Waals surface area contributed by atoms with Crippen molar-refractivity contribution in [2.45, 2.75) is 17.8 Å². The zero-order chi connectivity index (χ0) is 21.4. The second-order valence-corrected chi connectivity index (χ2v) is 9.85. The standard InChI is InChI=1S/C23H16Cl2N4S2/c1-14-6-11-17(12-18(14)25)29-22(15-7-9-16(24)10-8-15)27-28-23(29)30-13-21-26-19-4-2-3-5-20(19)31-21/h2-12H,13H2,1H3. The van der Waals surface area contributed by atoms with Gasteiger partial charge in [-0.25, -0.2) is 4.98 Å². The number of fused-ring (bicyclic) bond motifs is 1. The highest BCUT2D eigenvalue weighted by atomic mass is 35.5. The van der Waals surface area contributed by atoms with Crippen molar-refractivity contribution < 1.29 is 0 Å². The molecule has 0 saturated heterocycles. The quantitative estimate of drug-likeness (QED) is 0.244. The summed E-state index contributed by atoms with van der Waals surface area (Å²) in [6, 6.07) is 21.8. The Balaban J connectivity index is 1.54. The third kappa shape index (κ3) is 4.21. The summed E-state index contributed by atoms with van der Waals surface area (Å²) >= 11 is 15.8. The highest BCUT2D eigenvalue weighted by molar-refractivity contribution is 7.98.